The molecular weight excluding hydrogens is 267 g/mol. The van der Waals surface area contributed by atoms with Crippen LogP contribution in [0.1, 0.15) is 12.5 Å². The summed E-state index contributed by atoms with van der Waals surface area (Å²) in [5.41, 5.74) is 0.985. The summed E-state index contributed by atoms with van der Waals surface area (Å²) in [5, 5.41) is 6.48. The number of nitrogens with zero attached hydrogens (tertiary/aromatic N) is 2. The van der Waals surface area contributed by atoms with Gasteiger partial charge in [-0.25, -0.2) is 9.38 Å². The second-order valence-corrected chi connectivity index (χ2v) is 4.67. The molecule has 1 aromatic carbocycles. The third-order valence-electron chi connectivity index (χ3n) is 3.01. The lowest BCUT2D eigenvalue weighted by molar-refractivity contribution is 0.627. The summed E-state index contributed by atoms with van der Waals surface area (Å²) in [6.45, 7) is 5.04. The number of rotatable bonds is 6. The predicted molar refractivity (Wildman–Crippen MR) is 83.7 cm³/mol. The molecule has 21 heavy (non-hydrogen) atoms. The molecule has 0 radical (unpaired) electrons. The van der Waals surface area contributed by atoms with Crippen molar-refractivity contribution >= 4 is 5.96 Å². The average molecular weight is 288 g/mol. The van der Waals surface area contributed by atoms with Crippen molar-refractivity contribution < 1.29 is 4.39 Å². The van der Waals surface area contributed by atoms with Gasteiger partial charge >= 0.3 is 0 Å². The third kappa shape index (κ3) is 5.30. The molecule has 0 bridgehead atoms. The van der Waals surface area contributed by atoms with Crippen molar-refractivity contribution in [2.24, 2.45) is 4.99 Å². The zero-order valence-corrected chi connectivity index (χ0v) is 12.2. The van der Waals surface area contributed by atoms with Crippen LogP contribution in [0.4, 0.5) is 4.39 Å². The molecule has 0 saturated heterocycles. The van der Waals surface area contributed by atoms with Gasteiger partial charge in [0.25, 0.3) is 0 Å². The van der Waals surface area contributed by atoms with Crippen molar-refractivity contribution in [2.75, 3.05) is 13.1 Å². The summed E-state index contributed by atoms with van der Waals surface area (Å²) in [6.07, 6.45) is 4.06. The molecule has 0 unspecified atom stereocenters. The van der Waals surface area contributed by atoms with Crippen LogP contribution < -0.4 is 10.6 Å². The maximum atomic E-state index is 12.8. The molecule has 2 rings (SSSR count). The monoisotopic (exact) mass is 288 g/mol. The fraction of sp³-hybridized carbons (Fsp3) is 0.312. The lowest BCUT2D eigenvalue weighted by Gasteiger charge is -2.11. The molecule has 0 aliphatic carbocycles. The Morgan fingerprint density at radius 1 is 1.14 bits per heavy atom. The van der Waals surface area contributed by atoms with Crippen molar-refractivity contribution in [3.05, 3.63) is 60.2 Å². The second-order valence-electron chi connectivity index (χ2n) is 4.67. The van der Waals surface area contributed by atoms with Gasteiger partial charge in [-0.1, -0.05) is 12.1 Å². The van der Waals surface area contributed by atoms with Gasteiger partial charge in [-0.15, -0.1) is 0 Å². The van der Waals surface area contributed by atoms with E-state index in [1.54, 1.807) is 12.1 Å². The molecule has 1 aromatic heterocycles. The molecular formula is C16H21FN4. The quantitative estimate of drug-likeness (QED) is 0.633. The second kappa shape index (κ2) is 8.09. The lowest BCUT2D eigenvalue weighted by atomic mass is 10.2. The average Bonchev–Trinajstić information content (AvgIpc) is 3.00. The number of nitrogens with one attached hydrogen (secondary N) is 2. The van der Waals surface area contributed by atoms with Crippen LogP contribution in [-0.2, 0) is 13.1 Å². The predicted octanol–water partition coefficient (Wildman–Crippen LogP) is 2.38. The van der Waals surface area contributed by atoms with E-state index >= 15 is 0 Å². The number of hydrogen-bond acceptors (Lipinski definition) is 1. The highest BCUT2D eigenvalue weighted by molar-refractivity contribution is 5.79. The standard InChI is InChI=1S/C16H21FN4/c1-2-18-16(19-9-12-21-10-3-4-11-21)20-13-14-5-7-15(17)8-6-14/h3-8,10-11H,2,9,12-13H2,1H3,(H2,18,19,20). The van der Waals surface area contributed by atoms with E-state index in [4.69, 9.17) is 0 Å². The highest BCUT2D eigenvalue weighted by atomic mass is 19.1. The van der Waals surface area contributed by atoms with Crippen molar-refractivity contribution in [1.29, 1.82) is 0 Å². The van der Waals surface area contributed by atoms with Crippen LogP contribution in [0, 0.1) is 5.82 Å². The van der Waals surface area contributed by atoms with Gasteiger partial charge in [-0.2, -0.15) is 0 Å². The minimum atomic E-state index is -0.223. The highest BCUT2D eigenvalue weighted by Crippen LogP contribution is 2.03. The Balaban J connectivity index is 1.84. The molecule has 0 aliphatic heterocycles. The minimum Gasteiger partial charge on any atom is -0.357 e. The Kier molecular flexibility index (Phi) is 5.82. The van der Waals surface area contributed by atoms with E-state index < -0.39 is 0 Å². The first kappa shape index (κ1) is 15.1. The van der Waals surface area contributed by atoms with Crippen LogP contribution >= 0.6 is 0 Å². The van der Waals surface area contributed by atoms with E-state index in [0.717, 1.165) is 31.2 Å². The normalized spacial score (nSPS) is 11.4. The molecule has 4 nitrogen and oxygen atoms in total. The molecule has 2 N–H and O–H groups in total. The van der Waals surface area contributed by atoms with Gasteiger partial charge in [0, 0.05) is 32.0 Å². The summed E-state index contributed by atoms with van der Waals surface area (Å²) in [6, 6.07) is 10.4. The molecule has 0 aliphatic rings. The largest absolute Gasteiger partial charge is 0.357 e. The van der Waals surface area contributed by atoms with E-state index in [0.29, 0.717) is 6.54 Å². The van der Waals surface area contributed by atoms with Crippen LogP contribution in [0.15, 0.2) is 53.8 Å². The van der Waals surface area contributed by atoms with Gasteiger partial charge < -0.3 is 15.2 Å². The van der Waals surface area contributed by atoms with E-state index in [2.05, 4.69) is 20.2 Å². The van der Waals surface area contributed by atoms with E-state index in [1.807, 2.05) is 31.5 Å². The van der Waals surface area contributed by atoms with E-state index in [1.165, 1.54) is 12.1 Å². The Bertz CT molecular complexity index is 546. The Labute approximate surface area is 124 Å². The molecule has 2 aromatic rings. The van der Waals surface area contributed by atoms with E-state index in [9.17, 15) is 4.39 Å². The van der Waals surface area contributed by atoms with Crippen LogP contribution in [0.2, 0.25) is 0 Å². The van der Waals surface area contributed by atoms with Crippen molar-refractivity contribution in [1.82, 2.24) is 15.2 Å². The van der Waals surface area contributed by atoms with E-state index in [-0.39, 0.29) is 5.82 Å². The van der Waals surface area contributed by atoms with Gasteiger partial charge in [0.1, 0.15) is 5.82 Å². The lowest BCUT2D eigenvalue weighted by Crippen LogP contribution is -2.38. The first-order valence-electron chi connectivity index (χ1n) is 7.15. The number of halogens is 1. The van der Waals surface area contributed by atoms with Crippen molar-refractivity contribution in [3.63, 3.8) is 0 Å². The molecule has 0 spiro atoms. The molecule has 0 atom stereocenters. The fourth-order valence-corrected chi connectivity index (χ4v) is 1.92. The number of guanidine groups is 1. The first-order chi connectivity index (χ1) is 10.3. The Morgan fingerprint density at radius 3 is 2.52 bits per heavy atom. The van der Waals surface area contributed by atoms with Gasteiger partial charge in [0.15, 0.2) is 5.96 Å². The molecule has 5 heteroatoms. The summed E-state index contributed by atoms with van der Waals surface area (Å²) in [5.74, 6) is 0.550. The Morgan fingerprint density at radius 2 is 1.86 bits per heavy atom. The molecule has 0 amide bonds. The topological polar surface area (TPSA) is 41.4 Å². The van der Waals surface area contributed by atoms with Crippen molar-refractivity contribution in [3.8, 4) is 0 Å². The van der Waals surface area contributed by atoms with Crippen LogP contribution in [0.5, 0.6) is 0 Å². The van der Waals surface area contributed by atoms with Gasteiger partial charge in [-0.3, -0.25) is 0 Å². The minimum absolute atomic E-state index is 0.223. The summed E-state index contributed by atoms with van der Waals surface area (Å²) < 4.78 is 15.0. The Hall–Kier alpha value is -2.30. The van der Waals surface area contributed by atoms with Gasteiger partial charge in [0.2, 0.25) is 0 Å². The fourth-order valence-electron chi connectivity index (χ4n) is 1.92. The van der Waals surface area contributed by atoms with Crippen LogP contribution in [-0.4, -0.2) is 23.6 Å². The maximum absolute atomic E-state index is 12.8. The first-order valence-corrected chi connectivity index (χ1v) is 7.15. The summed E-state index contributed by atoms with van der Waals surface area (Å²) >= 11 is 0. The SMILES string of the molecule is CCNC(=NCc1ccc(F)cc1)NCCn1cccc1. The zero-order chi connectivity index (χ0) is 14.9. The number of benzene rings is 1. The highest BCUT2D eigenvalue weighted by Gasteiger charge is 1.98. The number of aliphatic imine (C=N–C) groups is 1. The number of aromatic nitrogens is 1. The summed E-state index contributed by atoms with van der Waals surface area (Å²) in [4.78, 5) is 4.49. The van der Waals surface area contributed by atoms with Crippen molar-refractivity contribution in [2.45, 2.75) is 20.0 Å². The molecule has 0 saturated carbocycles. The summed E-state index contributed by atoms with van der Waals surface area (Å²) in [7, 11) is 0. The smallest absolute Gasteiger partial charge is 0.191 e. The number of hydrogen-bond donors (Lipinski definition) is 2. The zero-order valence-electron chi connectivity index (χ0n) is 12.2. The molecule has 112 valence electrons. The molecule has 0 fully saturated rings. The maximum Gasteiger partial charge on any atom is 0.191 e. The van der Waals surface area contributed by atoms with Gasteiger partial charge in [0.05, 0.1) is 6.54 Å². The third-order valence-corrected chi connectivity index (χ3v) is 3.01. The van der Waals surface area contributed by atoms with Crippen LogP contribution in [0.25, 0.3) is 0 Å². The molecule has 1 heterocycles. The van der Waals surface area contributed by atoms with Crippen LogP contribution in [0.3, 0.4) is 0 Å². The van der Waals surface area contributed by atoms with Gasteiger partial charge in [-0.05, 0) is 36.8 Å².